The summed E-state index contributed by atoms with van der Waals surface area (Å²) < 4.78 is 5.36. The second-order valence-corrected chi connectivity index (χ2v) is 4.65. The van der Waals surface area contributed by atoms with E-state index < -0.39 is 0 Å². The van der Waals surface area contributed by atoms with Crippen molar-refractivity contribution in [1.82, 2.24) is 5.48 Å². The number of amides is 1. The number of hydrogen-bond acceptors (Lipinski definition) is 3. The Labute approximate surface area is 91.3 Å². The molecule has 0 bridgehead atoms. The van der Waals surface area contributed by atoms with Crippen LogP contribution >= 0.6 is 0 Å². The van der Waals surface area contributed by atoms with E-state index >= 15 is 0 Å². The molecule has 0 aromatic rings. The maximum absolute atomic E-state index is 11.5. The van der Waals surface area contributed by atoms with E-state index in [-0.39, 0.29) is 11.5 Å². The quantitative estimate of drug-likeness (QED) is 0.685. The lowest BCUT2D eigenvalue weighted by molar-refractivity contribution is -0.146. The first-order chi connectivity index (χ1) is 7.08. The topological polar surface area (TPSA) is 47.6 Å². The summed E-state index contributed by atoms with van der Waals surface area (Å²) in [5.74, 6) is 0.336. The van der Waals surface area contributed by atoms with Crippen LogP contribution in [0.3, 0.4) is 0 Å². The van der Waals surface area contributed by atoms with Crippen LogP contribution in [0.2, 0.25) is 0 Å². The third-order valence-corrected chi connectivity index (χ3v) is 2.78. The van der Waals surface area contributed by atoms with Gasteiger partial charge in [-0.1, -0.05) is 13.8 Å². The summed E-state index contributed by atoms with van der Waals surface area (Å²) in [4.78, 5) is 16.5. The number of carbonyl (C=O) groups excluding carboxylic acids is 1. The summed E-state index contributed by atoms with van der Waals surface area (Å²) >= 11 is 0. The standard InChI is InChI=1S/C11H21NO3/c1-9(2)8-15-12-10(13)7-11(14-3)5-4-6-11/h9H,4-8H2,1-3H3,(H,12,13). The molecule has 0 spiro atoms. The van der Waals surface area contributed by atoms with Gasteiger partial charge in [-0.3, -0.25) is 9.63 Å². The Morgan fingerprint density at radius 1 is 1.47 bits per heavy atom. The van der Waals surface area contributed by atoms with E-state index in [0.29, 0.717) is 18.9 Å². The van der Waals surface area contributed by atoms with Crippen LogP contribution in [0.4, 0.5) is 0 Å². The van der Waals surface area contributed by atoms with E-state index in [1.165, 1.54) is 0 Å². The average molecular weight is 215 g/mol. The van der Waals surface area contributed by atoms with E-state index in [1.54, 1.807) is 7.11 Å². The van der Waals surface area contributed by atoms with E-state index in [1.807, 2.05) is 13.8 Å². The average Bonchev–Trinajstić information content (AvgIpc) is 2.11. The lowest BCUT2D eigenvalue weighted by atomic mass is 9.77. The monoisotopic (exact) mass is 215 g/mol. The van der Waals surface area contributed by atoms with Gasteiger partial charge in [-0.25, -0.2) is 5.48 Å². The molecule has 1 rings (SSSR count). The summed E-state index contributed by atoms with van der Waals surface area (Å²) in [6, 6.07) is 0. The van der Waals surface area contributed by atoms with Gasteiger partial charge in [0.2, 0.25) is 5.91 Å². The molecule has 0 aliphatic heterocycles. The smallest absolute Gasteiger partial charge is 0.246 e. The fourth-order valence-corrected chi connectivity index (χ4v) is 1.64. The van der Waals surface area contributed by atoms with E-state index in [9.17, 15) is 4.79 Å². The van der Waals surface area contributed by atoms with Crippen molar-refractivity contribution in [3.63, 3.8) is 0 Å². The van der Waals surface area contributed by atoms with Crippen molar-refractivity contribution in [1.29, 1.82) is 0 Å². The van der Waals surface area contributed by atoms with Crippen LogP contribution in [-0.4, -0.2) is 25.2 Å². The van der Waals surface area contributed by atoms with Crippen LogP contribution in [0, 0.1) is 5.92 Å². The lowest BCUT2D eigenvalue weighted by Crippen LogP contribution is -2.44. The number of hydroxylamine groups is 1. The van der Waals surface area contributed by atoms with Crippen LogP contribution in [0.5, 0.6) is 0 Å². The molecule has 1 fully saturated rings. The number of hydrogen-bond donors (Lipinski definition) is 1. The van der Waals surface area contributed by atoms with Gasteiger partial charge in [0.15, 0.2) is 0 Å². The molecule has 15 heavy (non-hydrogen) atoms. The molecule has 0 radical (unpaired) electrons. The van der Waals surface area contributed by atoms with Crippen LogP contribution < -0.4 is 5.48 Å². The molecule has 1 amide bonds. The zero-order chi connectivity index (χ0) is 11.3. The van der Waals surface area contributed by atoms with E-state index in [0.717, 1.165) is 19.3 Å². The van der Waals surface area contributed by atoms with Crippen LogP contribution in [0.1, 0.15) is 39.5 Å². The summed E-state index contributed by atoms with van der Waals surface area (Å²) in [7, 11) is 1.67. The molecule has 4 nitrogen and oxygen atoms in total. The van der Waals surface area contributed by atoms with E-state index in [2.05, 4.69) is 5.48 Å². The molecule has 0 aromatic heterocycles. The number of nitrogens with one attached hydrogen (secondary N) is 1. The highest BCUT2D eigenvalue weighted by atomic mass is 16.7. The minimum atomic E-state index is -0.217. The molecule has 0 saturated heterocycles. The third kappa shape index (κ3) is 3.80. The van der Waals surface area contributed by atoms with Gasteiger partial charge in [0, 0.05) is 7.11 Å². The summed E-state index contributed by atoms with van der Waals surface area (Å²) in [6.45, 7) is 4.62. The van der Waals surface area contributed by atoms with Gasteiger partial charge in [0.1, 0.15) is 0 Å². The van der Waals surface area contributed by atoms with Crippen molar-refractivity contribution in [2.45, 2.75) is 45.1 Å². The molecule has 0 unspecified atom stereocenters. The fourth-order valence-electron chi connectivity index (χ4n) is 1.64. The second-order valence-electron chi connectivity index (χ2n) is 4.65. The molecule has 88 valence electrons. The van der Waals surface area contributed by atoms with Crippen molar-refractivity contribution < 1.29 is 14.4 Å². The predicted molar refractivity (Wildman–Crippen MR) is 57.1 cm³/mol. The highest BCUT2D eigenvalue weighted by molar-refractivity contribution is 5.76. The zero-order valence-electron chi connectivity index (χ0n) is 9.84. The van der Waals surface area contributed by atoms with Crippen molar-refractivity contribution in [3.05, 3.63) is 0 Å². The summed E-state index contributed by atoms with van der Waals surface area (Å²) in [5.41, 5.74) is 2.24. The Morgan fingerprint density at radius 3 is 2.53 bits per heavy atom. The first kappa shape index (κ1) is 12.5. The maximum atomic E-state index is 11.5. The number of carbonyl (C=O) groups is 1. The van der Waals surface area contributed by atoms with Gasteiger partial charge in [-0.2, -0.15) is 0 Å². The van der Waals surface area contributed by atoms with Crippen LogP contribution in [-0.2, 0) is 14.4 Å². The largest absolute Gasteiger partial charge is 0.378 e. The van der Waals surface area contributed by atoms with Crippen molar-refractivity contribution in [2.24, 2.45) is 5.92 Å². The normalized spacial score (nSPS) is 18.7. The van der Waals surface area contributed by atoms with Gasteiger partial charge in [0.25, 0.3) is 0 Å². The molecule has 1 saturated carbocycles. The Bertz CT molecular complexity index is 206. The number of methoxy groups -OCH3 is 1. The number of ether oxygens (including phenoxy) is 1. The lowest BCUT2D eigenvalue weighted by Gasteiger charge is -2.39. The van der Waals surface area contributed by atoms with Crippen molar-refractivity contribution in [3.8, 4) is 0 Å². The Hall–Kier alpha value is -0.610. The molecule has 1 aliphatic carbocycles. The first-order valence-corrected chi connectivity index (χ1v) is 5.54. The fraction of sp³-hybridized carbons (Fsp3) is 0.909. The molecule has 0 atom stereocenters. The molecule has 0 heterocycles. The minimum Gasteiger partial charge on any atom is -0.378 e. The summed E-state index contributed by atoms with van der Waals surface area (Å²) in [6.07, 6.45) is 3.50. The van der Waals surface area contributed by atoms with Gasteiger partial charge in [-0.15, -0.1) is 0 Å². The van der Waals surface area contributed by atoms with Crippen molar-refractivity contribution in [2.75, 3.05) is 13.7 Å². The van der Waals surface area contributed by atoms with E-state index in [4.69, 9.17) is 9.57 Å². The highest BCUT2D eigenvalue weighted by Crippen LogP contribution is 2.37. The predicted octanol–water partition coefficient (Wildman–Crippen LogP) is 1.65. The van der Waals surface area contributed by atoms with Gasteiger partial charge >= 0.3 is 0 Å². The highest BCUT2D eigenvalue weighted by Gasteiger charge is 2.39. The molecule has 1 aliphatic rings. The van der Waals surface area contributed by atoms with Crippen LogP contribution in [0.25, 0.3) is 0 Å². The maximum Gasteiger partial charge on any atom is 0.246 e. The van der Waals surface area contributed by atoms with Crippen molar-refractivity contribution >= 4 is 5.91 Å². The Balaban J connectivity index is 2.17. The van der Waals surface area contributed by atoms with Gasteiger partial charge in [0.05, 0.1) is 18.6 Å². The molecule has 4 heteroatoms. The molecule has 1 N–H and O–H groups in total. The summed E-state index contributed by atoms with van der Waals surface area (Å²) in [5, 5.41) is 0. The SMILES string of the molecule is COC1(CC(=O)NOCC(C)C)CCC1. The van der Waals surface area contributed by atoms with Crippen LogP contribution in [0.15, 0.2) is 0 Å². The third-order valence-electron chi connectivity index (χ3n) is 2.78. The first-order valence-electron chi connectivity index (χ1n) is 5.54. The van der Waals surface area contributed by atoms with Gasteiger partial charge < -0.3 is 4.74 Å². The zero-order valence-corrected chi connectivity index (χ0v) is 9.84. The Kier molecular flexibility index (Phi) is 4.54. The second kappa shape index (κ2) is 5.47. The van der Waals surface area contributed by atoms with Gasteiger partial charge in [-0.05, 0) is 25.2 Å². The molecular formula is C11H21NO3. The Morgan fingerprint density at radius 2 is 2.13 bits per heavy atom. The molecular weight excluding hydrogens is 194 g/mol. The number of rotatable bonds is 6. The molecule has 0 aromatic carbocycles. The minimum absolute atomic E-state index is 0.0859.